The minimum atomic E-state index is -0.622. The smallest absolute Gasteiger partial charge is 0.224 e. The largest absolute Gasteiger partial charge is 0.367 e. The maximum absolute atomic E-state index is 12.4. The summed E-state index contributed by atoms with van der Waals surface area (Å²) >= 11 is 5.98. The van der Waals surface area contributed by atoms with Crippen molar-refractivity contribution in [1.29, 1.82) is 0 Å². The standard InChI is InChI=1S/C22H35ClN4O3/c1-8-29-19(30-9-2)11-10-16-13-25-21(23)27-20(16)24-14-17(15(3)4)26-18(28)12-22(5,6)7/h13,15,17,19H,8-9,12,14H2,1-7H3,(H,26,28)(H,24,25,27). The first kappa shape index (κ1) is 26.2. The number of halogens is 1. The van der Waals surface area contributed by atoms with E-state index in [9.17, 15) is 4.79 Å². The number of amides is 1. The van der Waals surface area contributed by atoms with Crippen LogP contribution in [-0.2, 0) is 14.3 Å². The molecule has 0 aliphatic carbocycles. The normalized spacial score (nSPS) is 12.5. The van der Waals surface area contributed by atoms with Crippen LogP contribution in [0.2, 0.25) is 5.28 Å². The zero-order valence-corrected chi connectivity index (χ0v) is 19.9. The van der Waals surface area contributed by atoms with Crippen LogP contribution < -0.4 is 10.6 Å². The van der Waals surface area contributed by atoms with Crippen LogP contribution in [0.25, 0.3) is 0 Å². The van der Waals surface area contributed by atoms with E-state index in [-0.39, 0.29) is 28.6 Å². The van der Waals surface area contributed by atoms with Gasteiger partial charge < -0.3 is 20.1 Å². The lowest BCUT2D eigenvalue weighted by molar-refractivity contribution is -0.123. The van der Waals surface area contributed by atoms with Crippen molar-refractivity contribution >= 4 is 23.3 Å². The quantitative estimate of drug-likeness (QED) is 0.327. The van der Waals surface area contributed by atoms with Crippen molar-refractivity contribution in [2.75, 3.05) is 25.1 Å². The fourth-order valence-electron chi connectivity index (χ4n) is 2.56. The van der Waals surface area contributed by atoms with Crippen molar-refractivity contribution in [1.82, 2.24) is 15.3 Å². The summed E-state index contributed by atoms with van der Waals surface area (Å²) in [5.41, 5.74) is 0.506. The van der Waals surface area contributed by atoms with Crippen LogP contribution in [0.15, 0.2) is 6.20 Å². The Bertz CT molecular complexity index is 732. The first-order chi connectivity index (χ1) is 14.1. The summed E-state index contributed by atoms with van der Waals surface area (Å²) in [4.78, 5) is 20.7. The van der Waals surface area contributed by atoms with Gasteiger partial charge in [0.1, 0.15) is 5.82 Å². The number of nitrogens with one attached hydrogen (secondary N) is 2. The molecule has 8 heteroatoms. The number of carbonyl (C=O) groups is 1. The van der Waals surface area contributed by atoms with Gasteiger partial charge in [0.2, 0.25) is 17.5 Å². The lowest BCUT2D eigenvalue weighted by Crippen LogP contribution is -2.44. The van der Waals surface area contributed by atoms with E-state index in [0.29, 0.717) is 37.6 Å². The topological polar surface area (TPSA) is 85.4 Å². The van der Waals surface area contributed by atoms with Crippen LogP contribution in [0.5, 0.6) is 0 Å². The highest BCUT2D eigenvalue weighted by atomic mass is 35.5. The Morgan fingerprint density at radius 2 is 1.87 bits per heavy atom. The fourth-order valence-corrected chi connectivity index (χ4v) is 2.69. The SMILES string of the molecule is CCOC(C#Cc1cnc(Cl)nc1NCC(NC(=O)CC(C)(C)C)C(C)C)OCC. The Labute approximate surface area is 185 Å². The van der Waals surface area contributed by atoms with Crippen molar-refractivity contribution < 1.29 is 14.3 Å². The van der Waals surface area contributed by atoms with Crippen LogP contribution in [-0.4, -0.2) is 48.0 Å². The minimum Gasteiger partial charge on any atom is -0.367 e. The Morgan fingerprint density at radius 3 is 2.40 bits per heavy atom. The minimum absolute atomic E-state index is 0.0278. The molecule has 0 radical (unpaired) electrons. The number of carbonyl (C=O) groups excluding carboxylic acids is 1. The summed E-state index contributed by atoms with van der Waals surface area (Å²) in [6, 6.07) is -0.0750. The van der Waals surface area contributed by atoms with Gasteiger partial charge in [0, 0.05) is 38.4 Å². The van der Waals surface area contributed by atoms with Gasteiger partial charge in [-0.15, -0.1) is 0 Å². The summed E-state index contributed by atoms with van der Waals surface area (Å²) in [7, 11) is 0. The van der Waals surface area contributed by atoms with Gasteiger partial charge >= 0.3 is 0 Å². The van der Waals surface area contributed by atoms with E-state index in [0.717, 1.165) is 0 Å². The molecule has 1 aromatic rings. The van der Waals surface area contributed by atoms with Gasteiger partial charge in [-0.3, -0.25) is 4.79 Å². The fraction of sp³-hybridized carbons (Fsp3) is 0.682. The van der Waals surface area contributed by atoms with E-state index in [1.54, 1.807) is 6.20 Å². The summed E-state index contributed by atoms with van der Waals surface area (Å²) in [6.45, 7) is 15.5. The molecule has 0 fully saturated rings. The third-order valence-electron chi connectivity index (χ3n) is 4.05. The van der Waals surface area contributed by atoms with Gasteiger partial charge in [-0.05, 0) is 42.7 Å². The molecule has 0 aliphatic rings. The van der Waals surface area contributed by atoms with Crippen molar-refractivity contribution in [2.24, 2.45) is 11.3 Å². The number of anilines is 1. The number of nitrogens with zero attached hydrogens (tertiary/aromatic N) is 2. The second-order valence-corrected chi connectivity index (χ2v) is 8.79. The van der Waals surface area contributed by atoms with Crippen molar-refractivity contribution in [3.8, 4) is 11.8 Å². The number of aromatic nitrogens is 2. The first-order valence-electron chi connectivity index (χ1n) is 10.4. The molecule has 0 saturated heterocycles. The lowest BCUT2D eigenvalue weighted by atomic mass is 9.91. The van der Waals surface area contributed by atoms with Crippen molar-refractivity contribution in [2.45, 2.75) is 67.2 Å². The Kier molecular flexibility index (Phi) is 11.1. The van der Waals surface area contributed by atoms with Crippen LogP contribution in [0.1, 0.15) is 60.5 Å². The van der Waals surface area contributed by atoms with Gasteiger partial charge in [0.15, 0.2) is 0 Å². The average Bonchev–Trinajstić information content (AvgIpc) is 2.62. The third-order valence-corrected chi connectivity index (χ3v) is 4.23. The Hall–Kier alpha value is -1.88. The maximum atomic E-state index is 12.4. The van der Waals surface area contributed by atoms with Crippen LogP contribution >= 0.6 is 11.6 Å². The molecule has 7 nitrogen and oxygen atoms in total. The molecular weight excluding hydrogens is 404 g/mol. The number of hydrogen-bond donors (Lipinski definition) is 2. The van der Waals surface area contributed by atoms with E-state index in [1.165, 1.54) is 0 Å². The van der Waals surface area contributed by atoms with Gasteiger partial charge in [-0.2, -0.15) is 4.98 Å². The van der Waals surface area contributed by atoms with Gasteiger partial charge in [0.05, 0.1) is 5.56 Å². The van der Waals surface area contributed by atoms with Gasteiger partial charge in [-0.1, -0.05) is 40.5 Å². The van der Waals surface area contributed by atoms with Crippen LogP contribution in [0, 0.1) is 23.2 Å². The molecule has 1 heterocycles. The Morgan fingerprint density at radius 1 is 1.23 bits per heavy atom. The highest BCUT2D eigenvalue weighted by Crippen LogP contribution is 2.19. The molecule has 1 aromatic heterocycles. The summed E-state index contributed by atoms with van der Waals surface area (Å²) in [6.07, 6.45) is 1.40. The molecule has 1 amide bonds. The maximum Gasteiger partial charge on any atom is 0.224 e. The predicted molar refractivity (Wildman–Crippen MR) is 120 cm³/mol. The number of ether oxygens (including phenoxy) is 2. The highest BCUT2D eigenvalue weighted by molar-refractivity contribution is 6.28. The number of hydrogen-bond acceptors (Lipinski definition) is 6. The highest BCUT2D eigenvalue weighted by Gasteiger charge is 2.21. The molecule has 0 saturated carbocycles. The predicted octanol–water partition coefficient (Wildman–Crippen LogP) is 3.87. The molecule has 1 unspecified atom stereocenters. The van der Waals surface area contributed by atoms with Gasteiger partial charge in [0.25, 0.3) is 0 Å². The lowest BCUT2D eigenvalue weighted by Gasteiger charge is -2.25. The summed E-state index contributed by atoms with van der Waals surface area (Å²) in [5, 5.41) is 6.48. The van der Waals surface area contributed by atoms with Crippen LogP contribution in [0.3, 0.4) is 0 Å². The first-order valence-corrected chi connectivity index (χ1v) is 10.7. The second-order valence-electron chi connectivity index (χ2n) is 8.45. The molecule has 1 atom stereocenters. The molecular formula is C22H35ClN4O3. The van der Waals surface area contributed by atoms with E-state index >= 15 is 0 Å². The summed E-state index contributed by atoms with van der Waals surface area (Å²) in [5.74, 6) is 6.70. The van der Waals surface area contributed by atoms with E-state index in [4.69, 9.17) is 21.1 Å². The molecule has 0 aliphatic heterocycles. The average molecular weight is 439 g/mol. The Balaban J connectivity index is 2.93. The molecule has 2 N–H and O–H groups in total. The van der Waals surface area contributed by atoms with Crippen molar-refractivity contribution in [3.63, 3.8) is 0 Å². The molecule has 1 rings (SSSR count). The third kappa shape index (κ3) is 10.2. The van der Waals surface area contributed by atoms with Gasteiger partial charge in [-0.25, -0.2) is 4.98 Å². The zero-order valence-electron chi connectivity index (χ0n) is 19.1. The zero-order chi connectivity index (χ0) is 22.7. The van der Waals surface area contributed by atoms with Crippen molar-refractivity contribution in [3.05, 3.63) is 17.0 Å². The second kappa shape index (κ2) is 12.7. The monoisotopic (exact) mass is 438 g/mol. The molecule has 30 heavy (non-hydrogen) atoms. The summed E-state index contributed by atoms with van der Waals surface area (Å²) < 4.78 is 10.9. The number of rotatable bonds is 10. The molecule has 0 spiro atoms. The van der Waals surface area contributed by atoms with E-state index < -0.39 is 6.29 Å². The molecule has 0 bridgehead atoms. The molecule has 168 valence electrons. The molecule has 0 aromatic carbocycles. The van der Waals surface area contributed by atoms with E-state index in [2.05, 4.69) is 46.3 Å². The van der Waals surface area contributed by atoms with Crippen LogP contribution in [0.4, 0.5) is 5.82 Å². The van der Waals surface area contributed by atoms with E-state index in [1.807, 2.05) is 34.6 Å².